The van der Waals surface area contributed by atoms with Crippen LogP contribution in [0.3, 0.4) is 0 Å². The van der Waals surface area contributed by atoms with E-state index in [0.717, 1.165) is 21.6 Å². The van der Waals surface area contributed by atoms with Crippen LogP contribution in [-0.4, -0.2) is 14.7 Å². The average molecular weight is 241 g/mol. The lowest BCUT2D eigenvalue weighted by Crippen LogP contribution is -2.44. The lowest BCUT2D eigenvalue weighted by atomic mass is 10.2. The molecule has 0 aliphatic carbocycles. The summed E-state index contributed by atoms with van der Waals surface area (Å²) in [6.45, 7) is 6.75. The van der Waals surface area contributed by atoms with E-state index < -0.39 is 11.6 Å². The number of benzene rings is 1. The van der Waals surface area contributed by atoms with Crippen molar-refractivity contribution in [3.63, 3.8) is 0 Å². The molecule has 1 aromatic rings. The van der Waals surface area contributed by atoms with E-state index in [1.807, 2.05) is 0 Å². The van der Waals surface area contributed by atoms with Gasteiger partial charge in [0.25, 0.3) is 0 Å². The third-order valence-electron chi connectivity index (χ3n) is 2.35. The van der Waals surface area contributed by atoms with E-state index in [-0.39, 0.29) is 5.16 Å². The van der Waals surface area contributed by atoms with Gasteiger partial charge in [0, 0.05) is 23.3 Å². The topological polar surface area (TPSA) is 12.0 Å². The van der Waals surface area contributed by atoms with Crippen LogP contribution in [0, 0.1) is 11.6 Å². The van der Waals surface area contributed by atoms with Crippen molar-refractivity contribution in [3.8, 4) is 0 Å². The maximum atomic E-state index is 13.3. The Kier molecular flexibility index (Phi) is 4.62. The summed E-state index contributed by atoms with van der Waals surface area (Å²) in [6.07, 6.45) is 0. The molecule has 1 aromatic carbocycles. The van der Waals surface area contributed by atoms with Crippen LogP contribution in [-0.2, 0) is 6.54 Å². The predicted octanol–water partition coefficient (Wildman–Crippen LogP) is 2.93. The van der Waals surface area contributed by atoms with Gasteiger partial charge in [0.05, 0.1) is 9.52 Å². The highest BCUT2D eigenvalue weighted by Crippen LogP contribution is 2.11. The molecule has 2 radical (unpaired) electrons. The second kappa shape index (κ2) is 5.55. The quantitative estimate of drug-likeness (QED) is 0.782. The van der Waals surface area contributed by atoms with Gasteiger partial charge in [-0.25, -0.2) is 8.78 Å². The summed E-state index contributed by atoms with van der Waals surface area (Å²) < 4.78 is 26.0. The van der Waals surface area contributed by atoms with Gasteiger partial charge in [-0.15, -0.1) is 0 Å². The Morgan fingerprint density at radius 2 is 2.00 bits per heavy atom. The van der Waals surface area contributed by atoms with E-state index >= 15 is 0 Å². The Balaban J connectivity index is 2.61. The zero-order valence-electron chi connectivity index (χ0n) is 9.90. The molecule has 0 saturated heterocycles. The number of halogens is 2. The van der Waals surface area contributed by atoms with Crippen LogP contribution in [0.1, 0.15) is 26.3 Å². The van der Waals surface area contributed by atoms with Crippen molar-refractivity contribution in [1.82, 2.24) is 5.32 Å². The third kappa shape index (κ3) is 4.02. The fraction of sp³-hybridized carbons (Fsp3) is 0.500. The van der Waals surface area contributed by atoms with Crippen molar-refractivity contribution in [1.29, 1.82) is 0 Å². The summed E-state index contributed by atoms with van der Waals surface area (Å²) >= 11 is 0. The maximum absolute atomic E-state index is 13.3. The van der Waals surface area contributed by atoms with Gasteiger partial charge >= 0.3 is 0 Å². The molecule has 0 fully saturated rings. The first-order valence-electron chi connectivity index (χ1n) is 5.38. The van der Waals surface area contributed by atoms with E-state index in [1.165, 1.54) is 12.1 Å². The van der Waals surface area contributed by atoms with Crippen LogP contribution in [0.5, 0.6) is 0 Å². The zero-order chi connectivity index (χ0) is 12.2. The molecule has 0 atom stereocenters. The fourth-order valence-corrected chi connectivity index (χ4v) is 2.58. The van der Waals surface area contributed by atoms with Crippen molar-refractivity contribution >= 4 is 9.52 Å². The third-order valence-corrected chi connectivity index (χ3v) is 3.77. The van der Waals surface area contributed by atoms with Crippen molar-refractivity contribution in [2.45, 2.75) is 38.5 Å². The highest BCUT2D eigenvalue weighted by molar-refractivity contribution is 6.39. The first-order valence-corrected chi connectivity index (χ1v) is 6.59. The zero-order valence-corrected chi connectivity index (χ0v) is 10.9. The second-order valence-corrected chi connectivity index (χ2v) is 6.56. The molecule has 0 amide bonds. The molecule has 4 heteroatoms. The molecule has 0 spiro atoms. The Morgan fingerprint density at radius 3 is 2.56 bits per heavy atom. The minimum Gasteiger partial charge on any atom is -0.311 e. The molecule has 88 valence electrons. The SMILES string of the molecule is CC[Si]C(C)(C)NCc1ccc(F)cc1F. The first-order chi connectivity index (χ1) is 7.44. The summed E-state index contributed by atoms with van der Waals surface area (Å²) in [4.78, 5) is 0. The Bertz CT molecular complexity index is 353. The minimum atomic E-state index is -0.532. The van der Waals surface area contributed by atoms with Crippen molar-refractivity contribution in [3.05, 3.63) is 35.4 Å². The van der Waals surface area contributed by atoms with Crippen molar-refractivity contribution < 1.29 is 8.78 Å². The molecule has 1 rings (SSSR count). The van der Waals surface area contributed by atoms with Gasteiger partial charge in [-0.3, -0.25) is 0 Å². The molecule has 0 unspecified atom stereocenters. The fourth-order valence-electron chi connectivity index (χ4n) is 1.49. The molecule has 1 nitrogen and oxygen atoms in total. The minimum absolute atomic E-state index is 0.00950. The van der Waals surface area contributed by atoms with Gasteiger partial charge in [-0.05, 0) is 6.07 Å². The lowest BCUT2D eigenvalue weighted by molar-refractivity contribution is 0.501. The maximum Gasteiger partial charge on any atom is 0.130 e. The van der Waals surface area contributed by atoms with Crippen LogP contribution >= 0.6 is 0 Å². The molecule has 0 bridgehead atoms. The van der Waals surface area contributed by atoms with E-state index in [0.29, 0.717) is 12.1 Å². The Labute approximate surface area is 98.1 Å². The molecule has 0 aromatic heterocycles. The van der Waals surface area contributed by atoms with E-state index in [1.54, 1.807) is 0 Å². The van der Waals surface area contributed by atoms with Gasteiger partial charge < -0.3 is 5.32 Å². The van der Waals surface area contributed by atoms with Crippen LogP contribution in [0.2, 0.25) is 6.04 Å². The van der Waals surface area contributed by atoms with Crippen LogP contribution in [0.15, 0.2) is 18.2 Å². The van der Waals surface area contributed by atoms with Gasteiger partial charge in [0.15, 0.2) is 0 Å². The molecule has 0 heterocycles. The van der Waals surface area contributed by atoms with E-state index in [4.69, 9.17) is 0 Å². The number of hydrogen-bond donors (Lipinski definition) is 1. The predicted molar refractivity (Wildman–Crippen MR) is 63.5 cm³/mol. The Morgan fingerprint density at radius 1 is 1.31 bits per heavy atom. The summed E-state index contributed by atoms with van der Waals surface area (Å²) in [7, 11) is 0.780. The first kappa shape index (κ1) is 13.3. The van der Waals surface area contributed by atoms with Gasteiger partial charge in [-0.2, -0.15) is 0 Å². The van der Waals surface area contributed by atoms with Crippen molar-refractivity contribution in [2.24, 2.45) is 0 Å². The molecule has 1 N–H and O–H groups in total. The number of hydrogen-bond acceptors (Lipinski definition) is 1. The van der Waals surface area contributed by atoms with Crippen LogP contribution in [0.4, 0.5) is 8.78 Å². The smallest absolute Gasteiger partial charge is 0.130 e. The lowest BCUT2D eigenvalue weighted by Gasteiger charge is -2.25. The number of nitrogens with one attached hydrogen (secondary N) is 1. The van der Waals surface area contributed by atoms with Crippen LogP contribution < -0.4 is 5.32 Å². The molecule has 0 saturated carbocycles. The highest BCUT2D eigenvalue weighted by Gasteiger charge is 2.16. The van der Waals surface area contributed by atoms with Gasteiger partial charge in [0.1, 0.15) is 11.6 Å². The van der Waals surface area contributed by atoms with E-state index in [9.17, 15) is 8.78 Å². The van der Waals surface area contributed by atoms with E-state index in [2.05, 4.69) is 26.1 Å². The number of rotatable bonds is 5. The summed E-state index contributed by atoms with van der Waals surface area (Å²) in [5.74, 6) is -1.01. The normalized spacial score (nSPS) is 11.8. The summed E-state index contributed by atoms with van der Waals surface area (Å²) in [6, 6.07) is 4.80. The average Bonchev–Trinajstić information content (AvgIpc) is 2.16. The van der Waals surface area contributed by atoms with Gasteiger partial charge in [-0.1, -0.05) is 32.9 Å². The molecule has 0 aliphatic rings. The monoisotopic (exact) mass is 241 g/mol. The molecular formula is C12H17F2NSi. The highest BCUT2D eigenvalue weighted by atomic mass is 28.2. The van der Waals surface area contributed by atoms with Crippen LogP contribution in [0.25, 0.3) is 0 Å². The standard InChI is InChI=1S/C12H17F2NSi/c1-4-16-12(2,3)15-8-9-5-6-10(13)7-11(9)14/h5-7,15H,4,8H2,1-3H3. The Hall–Kier alpha value is -0.743. The largest absolute Gasteiger partial charge is 0.311 e. The summed E-state index contributed by atoms with van der Waals surface area (Å²) in [5, 5.41) is 3.30. The molecule has 0 aliphatic heterocycles. The van der Waals surface area contributed by atoms with Gasteiger partial charge in [0.2, 0.25) is 0 Å². The molecule has 16 heavy (non-hydrogen) atoms. The summed E-state index contributed by atoms with van der Waals surface area (Å²) in [5.41, 5.74) is 0.510. The molecular weight excluding hydrogens is 224 g/mol. The second-order valence-electron chi connectivity index (χ2n) is 4.24. The van der Waals surface area contributed by atoms with Crippen molar-refractivity contribution in [2.75, 3.05) is 0 Å².